The van der Waals surface area contributed by atoms with E-state index in [4.69, 9.17) is 37.0 Å². The van der Waals surface area contributed by atoms with Crippen LogP contribution in [0.3, 0.4) is 0 Å². The Kier molecular flexibility index (Phi) is 27.5. The number of aromatic amines is 3. The first-order valence-corrected chi connectivity index (χ1v) is 31.1. The average Bonchev–Trinajstić information content (AvgIpc) is 0.790. The van der Waals surface area contributed by atoms with Gasteiger partial charge < -0.3 is 56.7 Å². The number of hydrogen-bond acceptors (Lipinski definition) is 13. The fourth-order valence-electron chi connectivity index (χ4n) is 10.1. The lowest BCUT2D eigenvalue weighted by molar-refractivity contribution is -0.142. The molecule has 9 aromatic carbocycles. The van der Waals surface area contributed by atoms with Crippen molar-refractivity contribution in [1.82, 2.24) is 15.0 Å². The highest BCUT2D eigenvalue weighted by atomic mass is 19.1. The first-order chi connectivity index (χ1) is 49.2. The van der Waals surface area contributed by atoms with Gasteiger partial charge in [-0.2, -0.15) is 0 Å². The number of carboxylic acids is 5. The quantitative estimate of drug-likeness (QED) is 0.0133. The number of H-pyrrole nitrogens is 3. The summed E-state index contributed by atoms with van der Waals surface area (Å²) in [5, 5.41) is 44.5. The predicted octanol–water partition coefficient (Wildman–Crippen LogP) is 12.6. The van der Waals surface area contributed by atoms with E-state index in [1.54, 1.807) is 171 Å². The van der Waals surface area contributed by atoms with Gasteiger partial charge in [0.25, 0.3) is 0 Å². The topological polar surface area (TPSA) is 380 Å². The molecule has 0 radical (unpaired) electrons. The van der Waals surface area contributed by atoms with Crippen LogP contribution >= 0.6 is 0 Å². The molecule has 0 spiro atoms. The van der Waals surface area contributed by atoms with Crippen molar-refractivity contribution in [2.24, 2.45) is 0 Å². The number of benzene rings is 9. The smallest absolute Gasteiger partial charge is 0.313 e. The van der Waals surface area contributed by atoms with Crippen molar-refractivity contribution in [2.75, 3.05) is 18.1 Å². The Hall–Kier alpha value is -13.6. The van der Waals surface area contributed by atoms with Crippen molar-refractivity contribution in [3.05, 3.63) is 306 Å². The van der Waals surface area contributed by atoms with Gasteiger partial charge in [0.05, 0.1) is 72.4 Å². The van der Waals surface area contributed by atoms with E-state index in [1.807, 2.05) is 0 Å². The third-order valence-electron chi connectivity index (χ3n) is 14.7. The lowest BCUT2D eigenvalue weighted by atomic mass is 10.0. The molecule has 12 aromatic rings. The van der Waals surface area contributed by atoms with Crippen LogP contribution in [0.15, 0.2) is 233 Å². The van der Waals surface area contributed by atoms with Crippen molar-refractivity contribution < 1.29 is 81.4 Å². The lowest BCUT2D eigenvalue weighted by Gasteiger charge is -2.08. The number of nitrogens with one attached hydrogen (secondary N) is 3. The number of aliphatic carboxylic acids is 5. The van der Waals surface area contributed by atoms with Gasteiger partial charge in [-0.05, 0) is 138 Å². The van der Waals surface area contributed by atoms with Crippen molar-refractivity contribution in [3.63, 3.8) is 0 Å². The number of esters is 1. The predicted molar refractivity (Wildman–Crippen MR) is 380 cm³/mol. The number of carbonyl (C=O) groups excluding carboxylic acids is 2. The molecule has 12 N–H and O–H groups in total. The fraction of sp³-hybridized carbons (Fsp3) is 0.103. The number of halogens is 4. The molecule has 0 saturated carbocycles. The summed E-state index contributed by atoms with van der Waals surface area (Å²) in [6.07, 6.45) is -0.855. The summed E-state index contributed by atoms with van der Waals surface area (Å²) in [6, 6.07) is 56.2. The molecule has 0 aliphatic rings. The van der Waals surface area contributed by atoms with E-state index < -0.39 is 71.3 Å². The minimum Gasteiger partial charge on any atom is -0.481 e. The SMILES string of the molecule is CCOC(=O)CC(=O)c1ccccc1F.Nc1ccc(CC(=O)O)cc1.Nc1cccc(CC(=O)O)c1.O=C(O)Cc1ccc2[nH]c(-c3ccccc3F)cc(=O)c2c1.O=C(O)Cc1ccc2c(=O)cc(-c3ccccc3F)[nH]c2c1.O=C(O)Cc1cccc2[nH]c(-c3ccccc3F)cc(=O)c12. The van der Waals surface area contributed by atoms with Crippen LogP contribution in [0.25, 0.3) is 66.5 Å². The number of hydrogen-bond donors (Lipinski definition) is 10. The number of ketones is 1. The van der Waals surface area contributed by atoms with E-state index in [9.17, 15) is 65.5 Å². The van der Waals surface area contributed by atoms with Crippen LogP contribution in [0.4, 0.5) is 28.9 Å². The molecule has 0 unspecified atom stereocenters. The summed E-state index contributed by atoms with van der Waals surface area (Å²) in [4.78, 5) is 121. The first kappa shape index (κ1) is 76.8. The molecule has 0 amide bonds. The number of nitrogen functional groups attached to an aromatic ring is 2. The highest BCUT2D eigenvalue weighted by Gasteiger charge is 2.17. The summed E-state index contributed by atoms with van der Waals surface area (Å²) in [5.74, 6) is -7.68. The number of Topliss-reactive ketones (excluding diaryl/α,β-unsaturated/α-hetero) is 1. The summed E-state index contributed by atoms with van der Waals surface area (Å²) in [5.41, 5.74) is 17.8. The van der Waals surface area contributed by atoms with Crippen molar-refractivity contribution in [1.29, 1.82) is 0 Å². The van der Waals surface area contributed by atoms with Gasteiger partial charge in [-0.1, -0.05) is 97.1 Å². The maximum atomic E-state index is 13.9. The highest BCUT2D eigenvalue weighted by molar-refractivity contribution is 6.06. The van der Waals surface area contributed by atoms with Crippen LogP contribution in [0.2, 0.25) is 0 Å². The normalized spacial score (nSPS) is 10.3. The van der Waals surface area contributed by atoms with E-state index in [-0.39, 0.29) is 60.6 Å². The fourth-order valence-corrected chi connectivity index (χ4v) is 10.1. The van der Waals surface area contributed by atoms with Crippen molar-refractivity contribution in [3.8, 4) is 33.8 Å². The molecule has 0 saturated heterocycles. The molecule has 103 heavy (non-hydrogen) atoms. The van der Waals surface area contributed by atoms with Crippen LogP contribution in [-0.4, -0.2) is 88.7 Å². The molecule has 21 nitrogen and oxygen atoms in total. The molecule has 12 rings (SSSR count). The van der Waals surface area contributed by atoms with Gasteiger partial charge in [0.15, 0.2) is 22.1 Å². The first-order valence-electron chi connectivity index (χ1n) is 31.1. The summed E-state index contributed by atoms with van der Waals surface area (Å²) >= 11 is 0. The Bertz CT molecular complexity index is 5240. The molecule has 0 bridgehead atoms. The summed E-state index contributed by atoms with van der Waals surface area (Å²) in [6.45, 7) is 1.86. The molecule has 3 heterocycles. The van der Waals surface area contributed by atoms with E-state index >= 15 is 0 Å². The zero-order valence-electron chi connectivity index (χ0n) is 54.6. The Labute approximate surface area is 582 Å². The van der Waals surface area contributed by atoms with Crippen LogP contribution in [0.1, 0.15) is 51.5 Å². The number of nitrogens with two attached hydrogens (primary N) is 2. The van der Waals surface area contributed by atoms with Gasteiger partial charge in [-0.15, -0.1) is 0 Å². The molecule has 0 aliphatic carbocycles. The van der Waals surface area contributed by atoms with Gasteiger partial charge in [0.1, 0.15) is 29.7 Å². The molecule has 526 valence electrons. The highest BCUT2D eigenvalue weighted by Crippen LogP contribution is 2.26. The van der Waals surface area contributed by atoms with E-state index in [0.29, 0.717) is 94.5 Å². The Morgan fingerprint density at radius 3 is 1.31 bits per heavy atom. The van der Waals surface area contributed by atoms with E-state index in [1.165, 1.54) is 54.6 Å². The van der Waals surface area contributed by atoms with Gasteiger partial charge in [-0.25, -0.2) is 17.6 Å². The third-order valence-corrected chi connectivity index (χ3v) is 14.7. The standard InChI is InChI=1S/3C17H12FNO3.C11H11FO3.2C8H9NO2/c18-12-6-2-1-5-11(12)14-9-15(20)17-10(8-16(21)22)4-3-7-13(17)19-14;18-13-4-2-1-3-11(13)15-9-16(20)12-7-10(8-17(21)22)5-6-14(12)19-15;18-13-4-2-1-3-11(13)15-9-16(20)12-6-5-10(8-17(21)22)7-14(12)19-15;1-2-15-11(14)7-10(13)8-5-3-4-6-9(8)12;9-7-3-1-6(2-4-7)5-8(10)11;9-7-3-1-2-6(4-7)5-8(10)11/h3*1-7,9H,8H2,(H,19,20)(H,21,22);3-6H,2,7H2,1H3;2*1-4H,5,9H2,(H,10,11). The molecule has 0 atom stereocenters. The number of pyridine rings is 3. The second-order valence-electron chi connectivity index (χ2n) is 22.4. The molecular formula is C78H65F4N5O16. The third kappa shape index (κ3) is 23.0. The van der Waals surface area contributed by atoms with E-state index in [2.05, 4.69) is 19.7 Å². The summed E-state index contributed by atoms with van der Waals surface area (Å²) < 4.78 is 59.2. The minimum atomic E-state index is -1.01. The Morgan fingerprint density at radius 2 is 0.806 bits per heavy atom. The van der Waals surface area contributed by atoms with Crippen LogP contribution in [0.5, 0.6) is 0 Å². The molecular weight excluding hydrogens is 1340 g/mol. The summed E-state index contributed by atoms with van der Waals surface area (Å²) in [7, 11) is 0. The number of rotatable bonds is 17. The number of anilines is 2. The largest absolute Gasteiger partial charge is 0.481 e. The number of fused-ring (bicyclic) bond motifs is 3. The molecule has 0 aliphatic heterocycles. The maximum Gasteiger partial charge on any atom is 0.313 e. The van der Waals surface area contributed by atoms with Crippen LogP contribution in [0, 0.1) is 23.3 Å². The number of aromatic nitrogens is 3. The molecule has 0 fully saturated rings. The van der Waals surface area contributed by atoms with Crippen LogP contribution in [-0.2, 0) is 65.6 Å². The maximum absolute atomic E-state index is 13.9. The number of ether oxygens (including phenoxy) is 1. The number of carboxylic acid groups (broad SMARTS) is 5. The second kappa shape index (κ2) is 36.8. The zero-order valence-corrected chi connectivity index (χ0v) is 54.6. The van der Waals surface area contributed by atoms with Crippen molar-refractivity contribution in [2.45, 2.75) is 45.4 Å². The monoisotopic (exact) mass is 1400 g/mol. The zero-order chi connectivity index (χ0) is 74.9. The second-order valence-corrected chi connectivity index (χ2v) is 22.4. The van der Waals surface area contributed by atoms with Gasteiger partial charge in [-0.3, -0.25) is 47.9 Å². The average molecular weight is 1400 g/mol. The molecule has 3 aromatic heterocycles. The number of carbonyl (C=O) groups is 7. The molecule has 25 heteroatoms. The van der Waals surface area contributed by atoms with E-state index in [0.717, 1.165) is 11.1 Å². The van der Waals surface area contributed by atoms with Crippen LogP contribution < -0.4 is 27.8 Å². The lowest BCUT2D eigenvalue weighted by Crippen LogP contribution is -2.12. The van der Waals surface area contributed by atoms with Gasteiger partial charge in [0, 0.05) is 67.9 Å². The Morgan fingerprint density at radius 1 is 0.379 bits per heavy atom. The minimum absolute atomic E-state index is 0.0328. The van der Waals surface area contributed by atoms with Crippen molar-refractivity contribution >= 4 is 85.7 Å². The van der Waals surface area contributed by atoms with Gasteiger partial charge >= 0.3 is 35.8 Å². The van der Waals surface area contributed by atoms with Gasteiger partial charge in [0.2, 0.25) is 0 Å². The Balaban J connectivity index is 0.000000177.